The Labute approximate surface area is 193 Å². The van der Waals surface area contributed by atoms with Crippen LogP contribution in [0.3, 0.4) is 0 Å². The second-order valence-electron chi connectivity index (χ2n) is 8.98. The summed E-state index contributed by atoms with van der Waals surface area (Å²) >= 11 is 0. The molecule has 2 aliphatic heterocycles. The SMILES string of the molecule is CC(=O)N1CCc2c(nc([C@H]3CCCN(Cc4ccc(F)cc4)C3)nc2-c2ccncc2)C1. The van der Waals surface area contributed by atoms with E-state index in [0.29, 0.717) is 13.1 Å². The number of nitrogens with zero attached hydrogens (tertiary/aromatic N) is 5. The zero-order valence-corrected chi connectivity index (χ0v) is 18.9. The number of hydrogen-bond donors (Lipinski definition) is 0. The maximum absolute atomic E-state index is 13.3. The fourth-order valence-corrected chi connectivity index (χ4v) is 4.91. The fraction of sp³-hybridized carbons (Fsp3) is 0.385. The first-order valence-electron chi connectivity index (χ1n) is 11.6. The van der Waals surface area contributed by atoms with Gasteiger partial charge in [0.25, 0.3) is 0 Å². The van der Waals surface area contributed by atoms with Gasteiger partial charge in [0.15, 0.2) is 0 Å². The number of pyridine rings is 1. The molecule has 170 valence electrons. The minimum absolute atomic E-state index is 0.0782. The average Bonchev–Trinajstić information content (AvgIpc) is 2.85. The lowest BCUT2D eigenvalue weighted by molar-refractivity contribution is -0.129. The number of amides is 1. The van der Waals surface area contributed by atoms with Crippen molar-refractivity contribution in [1.82, 2.24) is 24.8 Å². The second-order valence-corrected chi connectivity index (χ2v) is 8.98. The van der Waals surface area contributed by atoms with Crippen molar-refractivity contribution >= 4 is 5.91 Å². The lowest BCUT2D eigenvalue weighted by Crippen LogP contribution is -2.37. The fourth-order valence-electron chi connectivity index (χ4n) is 4.91. The molecule has 1 atom stereocenters. The molecular weight excluding hydrogens is 417 g/mol. The van der Waals surface area contributed by atoms with Crippen molar-refractivity contribution in [2.24, 2.45) is 0 Å². The van der Waals surface area contributed by atoms with Gasteiger partial charge in [-0.25, -0.2) is 14.4 Å². The van der Waals surface area contributed by atoms with E-state index >= 15 is 0 Å². The molecule has 0 saturated carbocycles. The summed E-state index contributed by atoms with van der Waals surface area (Å²) < 4.78 is 13.3. The molecular formula is C26H28FN5O. The number of aromatic nitrogens is 3. The Morgan fingerprint density at radius 3 is 2.64 bits per heavy atom. The molecule has 5 rings (SSSR count). The van der Waals surface area contributed by atoms with Crippen molar-refractivity contribution in [2.45, 2.75) is 45.2 Å². The van der Waals surface area contributed by atoms with Crippen LogP contribution in [0, 0.1) is 5.82 Å². The van der Waals surface area contributed by atoms with Crippen molar-refractivity contribution in [3.05, 3.63) is 77.3 Å². The van der Waals surface area contributed by atoms with Gasteiger partial charge in [0.2, 0.25) is 5.91 Å². The van der Waals surface area contributed by atoms with Gasteiger partial charge in [-0.15, -0.1) is 0 Å². The third kappa shape index (κ3) is 4.78. The van der Waals surface area contributed by atoms with Crippen LogP contribution in [0.1, 0.15) is 48.3 Å². The van der Waals surface area contributed by atoms with Crippen molar-refractivity contribution < 1.29 is 9.18 Å². The normalized spacial score (nSPS) is 18.7. The van der Waals surface area contributed by atoms with E-state index in [0.717, 1.165) is 72.8 Å². The average molecular weight is 446 g/mol. The molecule has 0 radical (unpaired) electrons. The van der Waals surface area contributed by atoms with Gasteiger partial charge in [-0.1, -0.05) is 12.1 Å². The van der Waals surface area contributed by atoms with Crippen LogP contribution >= 0.6 is 0 Å². The molecule has 0 unspecified atom stereocenters. The van der Waals surface area contributed by atoms with Gasteiger partial charge in [0.05, 0.1) is 17.9 Å². The van der Waals surface area contributed by atoms with Crippen LogP contribution in [0.25, 0.3) is 11.3 Å². The summed E-state index contributed by atoms with van der Waals surface area (Å²) in [6.45, 7) is 5.50. The van der Waals surface area contributed by atoms with E-state index in [1.54, 1.807) is 19.3 Å². The molecule has 0 N–H and O–H groups in total. The maximum Gasteiger partial charge on any atom is 0.219 e. The molecule has 4 heterocycles. The summed E-state index contributed by atoms with van der Waals surface area (Å²) in [6, 6.07) is 10.7. The maximum atomic E-state index is 13.3. The predicted octanol–water partition coefficient (Wildman–Crippen LogP) is 3.96. The van der Waals surface area contributed by atoms with Crippen LogP contribution in [0.4, 0.5) is 4.39 Å². The minimum Gasteiger partial charge on any atom is -0.337 e. The second kappa shape index (κ2) is 9.35. The van der Waals surface area contributed by atoms with Crippen LogP contribution in [0.5, 0.6) is 0 Å². The third-order valence-corrected chi connectivity index (χ3v) is 6.67. The number of fused-ring (bicyclic) bond motifs is 1. The zero-order chi connectivity index (χ0) is 22.8. The van der Waals surface area contributed by atoms with Crippen molar-refractivity contribution in [3.63, 3.8) is 0 Å². The topological polar surface area (TPSA) is 62.2 Å². The number of carbonyl (C=O) groups is 1. The molecule has 1 amide bonds. The van der Waals surface area contributed by atoms with E-state index in [1.165, 1.54) is 12.1 Å². The lowest BCUT2D eigenvalue weighted by Gasteiger charge is -2.33. The predicted molar refractivity (Wildman–Crippen MR) is 124 cm³/mol. The van der Waals surface area contributed by atoms with Crippen LogP contribution < -0.4 is 0 Å². The molecule has 2 aromatic heterocycles. The van der Waals surface area contributed by atoms with Gasteiger partial charge in [-0.2, -0.15) is 0 Å². The largest absolute Gasteiger partial charge is 0.337 e. The molecule has 7 heteroatoms. The number of rotatable bonds is 4. The van der Waals surface area contributed by atoms with E-state index in [-0.39, 0.29) is 17.6 Å². The van der Waals surface area contributed by atoms with Gasteiger partial charge in [0, 0.05) is 56.0 Å². The van der Waals surface area contributed by atoms with Gasteiger partial charge in [-0.3, -0.25) is 14.7 Å². The summed E-state index contributed by atoms with van der Waals surface area (Å²) in [5, 5.41) is 0. The Kier molecular flexibility index (Phi) is 6.13. The van der Waals surface area contributed by atoms with Crippen molar-refractivity contribution in [2.75, 3.05) is 19.6 Å². The first-order valence-corrected chi connectivity index (χ1v) is 11.6. The van der Waals surface area contributed by atoms with E-state index in [9.17, 15) is 9.18 Å². The highest BCUT2D eigenvalue weighted by atomic mass is 19.1. The highest BCUT2D eigenvalue weighted by Crippen LogP contribution is 2.32. The quantitative estimate of drug-likeness (QED) is 0.608. The highest BCUT2D eigenvalue weighted by molar-refractivity contribution is 5.74. The van der Waals surface area contributed by atoms with Gasteiger partial charge in [-0.05, 0) is 55.6 Å². The zero-order valence-electron chi connectivity index (χ0n) is 18.9. The Hall–Kier alpha value is -3.19. The summed E-state index contributed by atoms with van der Waals surface area (Å²) in [5.41, 5.74) is 5.22. The molecule has 3 aromatic rings. The molecule has 6 nitrogen and oxygen atoms in total. The van der Waals surface area contributed by atoms with E-state index in [4.69, 9.17) is 9.97 Å². The molecule has 0 spiro atoms. The highest BCUT2D eigenvalue weighted by Gasteiger charge is 2.29. The molecule has 33 heavy (non-hydrogen) atoms. The van der Waals surface area contributed by atoms with Crippen LogP contribution in [0.2, 0.25) is 0 Å². The first-order chi connectivity index (χ1) is 16.1. The Balaban J connectivity index is 1.45. The molecule has 0 aliphatic carbocycles. The molecule has 2 aliphatic rings. The van der Waals surface area contributed by atoms with E-state index in [2.05, 4.69) is 9.88 Å². The monoisotopic (exact) mass is 445 g/mol. The smallest absolute Gasteiger partial charge is 0.219 e. The standard InChI is InChI=1S/C26H28FN5O/c1-18(33)32-14-10-23-24(17-32)29-26(30-25(23)20-8-11-28-12-9-20)21-3-2-13-31(16-21)15-19-4-6-22(27)7-5-19/h4-9,11-12,21H,2-3,10,13-17H2,1H3/t21-/m0/s1. The number of likely N-dealkylation sites (tertiary alicyclic amines) is 1. The van der Waals surface area contributed by atoms with Gasteiger partial charge in [0.1, 0.15) is 11.6 Å². The summed E-state index contributed by atoms with van der Waals surface area (Å²) in [5.74, 6) is 0.947. The number of halogens is 1. The van der Waals surface area contributed by atoms with Gasteiger partial charge >= 0.3 is 0 Å². The summed E-state index contributed by atoms with van der Waals surface area (Å²) in [4.78, 5) is 30.5. The third-order valence-electron chi connectivity index (χ3n) is 6.67. The molecule has 1 saturated heterocycles. The first kappa shape index (κ1) is 21.6. The van der Waals surface area contributed by atoms with Gasteiger partial charge < -0.3 is 4.90 Å². The minimum atomic E-state index is -0.207. The van der Waals surface area contributed by atoms with Crippen LogP contribution in [-0.2, 0) is 24.3 Å². The lowest BCUT2D eigenvalue weighted by atomic mass is 9.94. The summed E-state index contributed by atoms with van der Waals surface area (Å²) in [7, 11) is 0. The van der Waals surface area contributed by atoms with Crippen LogP contribution in [-0.4, -0.2) is 50.3 Å². The number of piperidine rings is 1. The van der Waals surface area contributed by atoms with Crippen molar-refractivity contribution in [3.8, 4) is 11.3 Å². The Morgan fingerprint density at radius 2 is 1.88 bits per heavy atom. The Morgan fingerprint density at radius 1 is 1.09 bits per heavy atom. The molecule has 1 aromatic carbocycles. The number of hydrogen-bond acceptors (Lipinski definition) is 5. The van der Waals surface area contributed by atoms with E-state index in [1.807, 2.05) is 29.2 Å². The van der Waals surface area contributed by atoms with Crippen molar-refractivity contribution in [1.29, 1.82) is 0 Å². The Bertz CT molecular complexity index is 1140. The number of carbonyl (C=O) groups excluding carboxylic acids is 1. The molecule has 1 fully saturated rings. The number of benzene rings is 1. The van der Waals surface area contributed by atoms with Crippen LogP contribution in [0.15, 0.2) is 48.8 Å². The van der Waals surface area contributed by atoms with E-state index < -0.39 is 0 Å². The summed E-state index contributed by atoms with van der Waals surface area (Å²) in [6.07, 6.45) is 6.44. The molecule has 0 bridgehead atoms.